The first-order valence-corrected chi connectivity index (χ1v) is 4.08. The van der Waals surface area contributed by atoms with Crippen molar-refractivity contribution in [2.45, 2.75) is 0 Å². The summed E-state index contributed by atoms with van der Waals surface area (Å²) in [6.45, 7) is 0. The van der Waals surface area contributed by atoms with Gasteiger partial charge in [-0.2, -0.15) is 0 Å². The molecule has 0 saturated carbocycles. The fourth-order valence-corrected chi connectivity index (χ4v) is 1.23. The number of aromatic hydroxyl groups is 1. The molecular weight excluding hydrogens is 215 g/mol. The SMILES string of the molecule is COC(=O)c1c(O)ccc(Cl)c1Cl. The molecule has 0 unspecified atom stereocenters. The Hall–Kier alpha value is -0.930. The first-order chi connectivity index (χ1) is 6.07. The Labute approximate surface area is 84.8 Å². The van der Waals surface area contributed by atoms with E-state index in [4.69, 9.17) is 23.2 Å². The molecule has 0 aliphatic carbocycles. The van der Waals surface area contributed by atoms with Gasteiger partial charge in [0.05, 0.1) is 17.2 Å². The van der Waals surface area contributed by atoms with Crippen molar-refractivity contribution in [2.75, 3.05) is 7.11 Å². The number of hydrogen-bond donors (Lipinski definition) is 1. The van der Waals surface area contributed by atoms with Gasteiger partial charge < -0.3 is 9.84 Å². The second-order valence-electron chi connectivity index (χ2n) is 2.25. The summed E-state index contributed by atoms with van der Waals surface area (Å²) >= 11 is 11.3. The van der Waals surface area contributed by atoms with Gasteiger partial charge in [-0.15, -0.1) is 0 Å². The standard InChI is InChI=1S/C8H6Cl2O3/c1-13-8(12)6-5(11)3-2-4(9)7(6)10/h2-3,11H,1H3. The molecule has 0 aliphatic rings. The van der Waals surface area contributed by atoms with Crippen LogP contribution in [0.3, 0.4) is 0 Å². The van der Waals surface area contributed by atoms with E-state index in [2.05, 4.69) is 4.74 Å². The van der Waals surface area contributed by atoms with Gasteiger partial charge in [0.25, 0.3) is 0 Å². The van der Waals surface area contributed by atoms with Gasteiger partial charge in [0.2, 0.25) is 0 Å². The van der Waals surface area contributed by atoms with Gasteiger partial charge in [-0.1, -0.05) is 23.2 Å². The van der Waals surface area contributed by atoms with Gasteiger partial charge in [0.1, 0.15) is 11.3 Å². The molecule has 0 fully saturated rings. The summed E-state index contributed by atoms with van der Waals surface area (Å²) < 4.78 is 4.41. The van der Waals surface area contributed by atoms with Crippen molar-refractivity contribution in [3.63, 3.8) is 0 Å². The fraction of sp³-hybridized carbons (Fsp3) is 0.125. The Morgan fingerprint density at radius 2 is 2.08 bits per heavy atom. The van der Waals surface area contributed by atoms with Crippen LogP contribution in [0, 0.1) is 0 Å². The van der Waals surface area contributed by atoms with Gasteiger partial charge in [-0.25, -0.2) is 4.79 Å². The Balaban J connectivity index is 3.33. The van der Waals surface area contributed by atoms with Gasteiger partial charge in [0, 0.05) is 0 Å². The van der Waals surface area contributed by atoms with Crippen LogP contribution >= 0.6 is 23.2 Å². The van der Waals surface area contributed by atoms with Crippen LogP contribution in [0.2, 0.25) is 10.0 Å². The summed E-state index contributed by atoms with van der Waals surface area (Å²) in [5, 5.41) is 9.46. The molecule has 0 saturated heterocycles. The Morgan fingerprint density at radius 3 is 2.62 bits per heavy atom. The molecule has 0 spiro atoms. The van der Waals surface area contributed by atoms with Crippen molar-refractivity contribution >= 4 is 29.2 Å². The first-order valence-electron chi connectivity index (χ1n) is 3.33. The molecule has 0 amide bonds. The van der Waals surface area contributed by atoms with Crippen molar-refractivity contribution < 1.29 is 14.6 Å². The van der Waals surface area contributed by atoms with Crippen LogP contribution in [-0.4, -0.2) is 18.2 Å². The Kier molecular flexibility index (Phi) is 3.01. The molecule has 1 aromatic carbocycles. The number of rotatable bonds is 1. The average molecular weight is 221 g/mol. The maximum Gasteiger partial charge on any atom is 0.343 e. The van der Waals surface area contributed by atoms with Crippen LogP contribution < -0.4 is 0 Å². The number of phenolic OH excluding ortho intramolecular Hbond substituents is 1. The summed E-state index contributed by atoms with van der Waals surface area (Å²) in [5.41, 5.74) is -0.114. The van der Waals surface area contributed by atoms with Crippen LogP contribution in [0.5, 0.6) is 5.75 Å². The number of carbonyl (C=O) groups is 1. The summed E-state index contributed by atoms with van der Waals surface area (Å²) in [4.78, 5) is 11.1. The predicted octanol–water partition coefficient (Wildman–Crippen LogP) is 2.49. The lowest BCUT2D eigenvalue weighted by Crippen LogP contribution is -2.02. The third kappa shape index (κ3) is 1.87. The average Bonchev–Trinajstić information content (AvgIpc) is 2.12. The molecule has 1 aromatic rings. The second-order valence-corrected chi connectivity index (χ2v) is 3.03. The number of halogens is 2. The third-order valence-electron chi connectivity index (χ3n) is 1.46. The van der Waals surface area contributed by atoms with Gasteiger partial charge in [0.15, 0.2) is 0 Å². The molecule has 1 N–H and O–H groups in total. The molecule has 0 bridgehead atoms. The van der Waals surface area contributed by atoms with E-state index >= 15 is 0 Å². The molecule has 3 nitrogen and oxygen atoms in total. The quantitative estimate of drug-likeness (QED) is 0.741. The molecule has 1 rings (SSSR count). The fourth-order valence-electron chi connectivity index (χ4n) is 0.837. The minimum absolute atomic E-state index is 0.00600. The molecule has 0 atom stereocenters. The maximum atomic E-state index is 11.1. The third-order valence-corrected chi connectivity index (χ3v) is 2.27. The Morgan fingerprint density at radius 1 is 1.46 bits per heavy atom. The number of carbonyl (C=O) groups excluding carboxylic acids is 1. The van der Waals surface area contributed by atoms with Crippen molar-refractivity contribution in [3.05, 3.63) is 27.7 Å². The van der Waals surface area contributed by atoms with Gasteiger partial charge >= 0.3 is 5.97 Å². The molecule has 0 aromatic heterocycles. The molecular formula is C8H6Cl2O3. The molecule has 13 heavy (non-hydrogen) atoms. The van der Waals surface area contributed by atoms with E-state index in [9.17, 15) is 9.90 Å². The van der Waals surface area contributed by atoms with Gasteiger partial charge in [-0.05, 0) is 12.1 Å². The minimum atomic E-state index is -0.718. The highest BCUT2D eigenvalue weighted by Gasteiger charge is 2.17. The van der Waals surface area contributed by atoms with Crippen LogP contribution in [0.4, 0.5) is 0 Å². The number of benzene rings is 1. The van der Waals surface area contributed by atoms with Crippen LogP contribution in [0.25, 0.3) is 0 Å². The number of methoxy groups -OCH3 is 1. The number of esters is 1. The second kappa shape index (κ2) is 3.85. The van der Waals surface area contributed by atoms with Crippen molar-refractivity contribution in [1.29, 1.82) is 0 Å². The number of ether oxygens (including phenoxy) is 1. The lowest BCUT2D eigenvalue weighted by atomic mass is 10.2. The molecule has 0 aliphatic heterocycles. The number of hydrogen-bond acceptors (Lipinski definition) is 3. The summed E-state index contributed by atoms with van der Waals surface area (Å²) in [6, 6.07) is 2.67. The minimum Gasteiger partial charge on any atom is -0.507 e. The van der Waals surface area contributed by atoms with E-state index in [1.807, 2.05) is 0 Å². The van der Waals surface area contributed by atoms with E-state index in [0.29, 0.717) is 0 Å². The van der Waals surface area contributed by atoms with E-state index in [1.165, 1.54) is 19.2 Å². The predicted molar refractivity (Wildman–Crippen MR) is 49.5 cm³/mol. The molecule has 5 heteroatoms. The zero-order chi connectivity index (χ0) is 10.0. The summed E-state index contributed by atoms with van der Waals surface area (Å²) in [7, 11) is 1.19. The van der Waals surface area contributed by atoms with Crippen LogP contribution in [-0.2, 0) is 4.74 Å². The molecule has 0 radical (unpaired) electrons. The highest BCUT2D eigenvalue weighted by Crippen LogP contribution is 2.32. The highest BCUT2D eigenvalue weighted by atomic mass is 35.5. The number of phenols is 1. The van der Waals surface area contributed by atoms with E-state index in [1.54, 1.807) is 0 Å². The van der Waals surface area contributed by atoms with E-state index < -0.39 is 5.97 Å². The van der Waals surface area contributed by atoms with Crippen molar-refractivity contribution in [3.8, 4) is 5.75 Å². The van der Waals surface area contributed by atoms with Crippen molar-refractivity contribution in [1.82, 2.24) is 0 Å². The van der Waals surface area contributed by atoms with E-state index in [0.717, 1.165) is 0 Å². The Bertz CT molecular complexity index is 349. The molecule has 70 valence electrons. The molecule has 0 heterocycles. The van der Waals surface area contributed by atoms with Crippen molar-refractivity contribution in [2.24, 2.45) is 0 Å². The summed E-state index contributed by atoms with van der Waals surface area (Å²) in [5.74, 6) is -0.966. The largest absolute Gasteiger partial charge is 0.507 e. The highest BCUT2D eigenvalue weighted by molar-refractivity contribution is 6.44. The maximum absolute atomic E-state index is 11.1. The summed E-state index contributed by atoms with van der Waals surface area (Å²) in [6.07, 6.45) is 0. The normalized spacial score (nSPS) is 9.77. The lowest BCUT2D eigenvalue weighted by molar-refractivity contribution is 0.0597. The zero-order valence-corrected chi connectivity index (χ0v) is 8.19. The first kappa shape index (κ1) is 10.2. The lowest BCUT2D eigenvalue weighted by Gasteiger charge is -2.05. The smallest absolute Gasteiger partial charge is 0.343 e. The topological polar surface area (TPSA) is 46.5 Å². The monoisotopic (exact) mass is 220 g/mol. The van der Waals surface area contributed by atoms with Crippen LogP contribution in [0.1, 0.15) is 10.4 Å². The van der Waals surface area contributed by atoms with E-state index in [-0.39, 0.29) is 21.4 Å². The van der Waals surface area contributed by atoms with Crippen LogP contribution in [0.15, 0.2) is 12.1 Å². The zero-order valence-electron chi connectivity index (χ0n) is 6.67. The van der Waals surface area contributed by atoms with Gasteiger partial charge in [-0.3, -0.25) is 0 Å².